The Bertz CT molecular complexity index is 972. The molecule has 1 saturated carbocycles. The van der Waals surface area contributed by atoms with Crippen LogP contribution in [-0.2, 0) is 16.6 Å². The third kappa shape index (κ3) is 3.73. The lowest BCUT2D eigenvalue weighted by atomic mass is 9.49. The summed E-state index contributed by atoms with van der Waals surface area (Å²) in [6.07, 6.45) is 5.24. The summed E-state index contributed by atoms with van der Waals surface area (Å²) in [5.41, 5.74) is 5.07. The Morgan fingerprint density at radius 2 is 1.74 bits per heavy atom. The van der Waals surface area contributed by atoms with E-state index in [1.165, 1.54) is 16.7 Å². The Labute approximate surface area is 188 Å². The first kappa shape index (κ1) is 22.1. The van der Waals surface area contributed by atoms with Crippen LogP contribution in [0.4, 0.5) is 0 Å². The van der Waals surface area contributed by atoms with Gasteiger partial charge in [-0.05, 0) is 84.1 Å². The van der Waals surface area contributed by atoms with Crippen LogP contribution in [0.15, 0.2) is 42.5 Å². The first-order valence-electron chi connectivity index (χ1n) is 12.1. The molecule has 0 aliphatic heterocycles. The van der Waals surface area contributed by atoms with Gasteiger partial charge in [0.25, 0.3) is 0 Å². The molecule has 2 aliphatic rings. The summed E-state index contributed by atoms with van der Waals surface area (Å²) in [7, 11) is 0. The zero-order chi connectivity index (χ0) is 22.4. The molecule has 1 fully saturated rings. The normalized spacial score (nSPS) is 27.7. The van der Waals surface area contributed by atoms with Gasteiger partial charge in [-0.2, -0.15) is 0 Å². The maximum Gasteiger partial charge on any atom is 0.317 e. The first-order chi connectivity index (χ1) is 14.7. The standard InChI is InChI=1S/C29H38O2/c1-19(2)21-12-14-24-22(18-21)13-15-26-28(24,5)16-9-17-29(26,6)27(30)31-25-11-8-7-10-23(25)20(3)4/h7-8,10-12,14,18-20,26H,9,13,15-17H2,1-6H3/t26-,28-,29-/m1/s1. The van der Waals surface area contributed by atoms with Crippen molar-refractivity contribution in [3.63, 3.8) is 0 Å². The van der Waals surface area contributed by atoms with Gasteiger partial charge in [-0.25, -0.2) is 0 Å². The van der Waals surface area contributed by atoms with Crippen molar-refractivity contribution in [2.24, 2.45) is 11.3 Å². The van der Waals surface area contributed by atoms with Gasteiger partial charge in [0.2, 0.25) is 0 Å². The van der Waals surface area contributed by atoms with E-state index in [0.29, 0.717) is 17.8 Å². The van der Waals surface area contributed by atoms with Crippen LogP contribution in [0, 0.1) is 11.3 Å². The fraction of sp³-hybridized carbons (Fsp3) is 0.552. The Morgan fingerprint density at radius 3 is 2.45 bits per heavy atom. The van der Waals surface area contributed by atoms with Gasteiger partial charge < -0.3 is 4.74 Å². The SMILES string of the molecule is CC(C)c1ccc2c(c1)CC[C@H]1[C@](C)(C(=O)Oc3ccccc3C(C)C)CCC[C@]21C. The molecule has 0 saturated heterocycles. The largest absolute Gasteiger partial charge is 0.426 e. The molecule has 166 valence electrons. The second-order valence-corrected chi connectivity index (χ2v) is 10.9. The average molecular weight is 419 g/mol. The fourth-order valence-corrected chi connectivity index (χ4v) is 6.38. The molecule has 31 heavy (non-hydrogen) atoms. The predicted molar refractivity (Wildman–Crippen MR) is 128 cm³/mol. The van der Waals surface area contributed by atoms with E-state index in [1.807, 2.05) is 18.2 Å². The van der Waals surface area contributed by atoms with Crippen LogP contribution in [-0.4, -0.2) is 5.97 Å². The fourth-order valence-electron chi connectivity index (χ4n) is 6.38. The number of hydrogen-bond donors (Lipinski definition) is 0. The van der Waals surface area contributed by atoms with Crippen LogP contribution in [0.3, 0.4) is 0 Å². The molecule has 0 bridgehead atoms. The highest BCUT2D eigenvalue weighted by Crippen LogP contribution is 2.57. The summed E-state index contributed by atoms with van der Waals surface area (Å²) in [6.45, 7) is 13.4. The highest BCUT2D eigenvalue weighted by molar-refractivity contribution is 5.80. The molecule has 0 aromatic heterocycles. The number of ether oxygens (including phenoxy) is 1. The van der Waals surface area contributed by atoms with E-state index in [9.17, 15) is 4.79 Å². The highest BCUT2D eigenvalue weighted by atomic mass is 16.5. The molecule has 0 spiro atoms. The number of para-hydroxylation sites is 1. The van der Waals surface area contributed by atoms with Crippen LogP contribution in [0.25, 0.3) is 0 Å². The van der Waals surface area contributed by atoms with Gasteiger partial charge in [-0.3, -0.25) is 4.79 Å². The van der Waals surface area contributed by atoms with Crippen LogP contribution >= 0.6 is 0 Å². The van der Waals surface area contributed by atoms with Crippen LogP contribution in [0.1, 0.15) is 101 Å². The number of benzene rings is 2. The smallest absolute Gasteiger partial charge is 0.317 e. The van der Waals surface area contributed by atoms with Crippen molar-refractivity contribution >= 4 is 5.97 Å². The maximum atomic E-state index is 13.7. The van der Waals surface area contributed by atoms with Gasteiger partial charge in [-0.1, -0.05) is 77.4 Å². The Kier molecular flexibility index (Phi) is 5.79. The minimum Gasteiger partial charge on any atom is -0.426 e. The number of carbonyl (C=O) groups excluding carboxylic acids is 1. The highest BCUT2D eigenvalue weighted by Gasteiger charge is 2.55. The molecule has 4 rings (SSSR count). The molecular weight excluding hydrogens is 380 g/mol. The molecular formula is C29H38O2. The molecule has 0 radical (unpaired) electrons. The third-order valence-corrected chi connectivity index (χ3v) is 8.25. The summed E-state index contributed by atoms with van der Waals surface area (Å²) in [4.78, 5) is 13.7. The minimum atomic E-state index is -0.453. The van der Waals surface area contributed by atoms with Gasteiger partial charge in [-0.15, -0.1) is 0 Å². The number of esters is 1. The van der Waals surface area contributed by atoms with Crippen molar-refractivity contribution in [2.75, 3.05) is 0 Å². The lowest BCUT2D eigenvalue weighted by Gasteiger charge is -2.54. The van der Waals surface area contributed by atoms with Gasteiger partial charge in [0, 0.05) is 0 Å². The van der Waals surface area contributed by atoms with Crippen molar-refractivity contribution in [1.29, 1.82) is 0 Å². The van der Waals surface area contributed by atoms with E-state index in [2.05, 4.69) is 65.8 Å². The summed E-state index contributed by atoms with van der Waals surface area (Å²) >= 11 is 0. The van der Waals surface area contributed by atoms with Gasteiger partial charge in [0.15, 0.2) is 0 Å². The third-order valence-electron chi connectivity index (χ3n) is 8.25. The van der Waals surface area contributed by atoms with Gasteiger partial charge in [0.1, 0.15) is 5.75 Å². The average Bonchev–Trinajstić information content (AvgIpc) is 2.73. The molecule has 0 N–H and O–H groups in total. The monoisotopic (exact) mass is 418 g/mol. The van der Waals surface area contributed by atoms with E-state index < -0.39 is 5.41 Å². The van der Waals surface area contributed by atoms with E-state index in [0.717, 1.165) is 43.4 Å². The summed E-state index contributed by atoms with van der Waals surface area (Å²) < 4.78 is 6.14. The first-order valence-corrected chi connectivity index (χ1v) is 12.1. The number of carbonyl (C=O) groups is 1. The number of hydrogen-bond acceptors (Lipinski definition) is 2. The van der Waals surface area contributed by atoms with Crippen LogP contribution < -0.4 is 4.74 Å². The van der Waals surface area contributed by atoms with Crippen LogP contribution in [0.2, 0.25) is 0 Å². The minimum absolute atomic E-state index is 0.0344. The van der Waals surface area contributed by atoms with Gasteiger partial charge >= 0.3 is 5.97 Å². The molecule has 2 aromatic carbocycles. The van der Waals surface area contributed by atoms with E-state index in [-0.39, 0.29) is 11.4 Å². The Hall–Kier alpha value is -2.09. The van der Waals surface area contributed by atoms with E-state index in [1.54, 1.807) is 0 Å². The lowest BCUT2D eigenvalue weighted by Crippen LogP contribution is -2.53. The summed E-state index contributed by atoms with van der Waals surface area (Å²) in [5.74, 6) is 1.87. The predicted octanol–water partition coefficient (Wildman–Crippen LogP) is 7.55. The molecule has 2 aliphatic carbocycles. The van der Waals surface area contributed by atoms with Crippen molar-refractivity contribution in [1.82, 2.24) is 0 Å². The van der Waals surface area contributed by atoms with Crippen LogP contribution in [0.5, 0.6) is 5.75 Å². The quantitative estimate of drug-likeness (QED) is 0.378. The van der Waals surface area contributed by atoms with Gasteiger partial charge in [0.05, 0.1) is 5.41 Å². The molecule has 0 amide bonds. The topological polar surface area (TPSA) is 26.3 Å². The second-order valence-electron chi connectivity index (χ2n) is 10.9. The summed E-state index contributed by atoms with van der Waals surface area (Å²) in [5, 5.41) is 0. The molecule has 2 aromatic rings. The molecule has 3 atom stereocenters. The Morgan fingerprint density at radius 1 is 1.00 bits per heavy atom. The number of fused-ring (bicyclic) bond motifs is 3. The summed E-state index contributed by atoms with van der Waals surface area (Å²) in [6, 6.07) is 15.1. The van der Waals surface area contributed by atoms with Crippen molar-refractivity contribution < 1.29 is 9.53 Å². The molecule has 2 heteroatoms. The van der Waals surface area contributed by atoms with Crippen molar-refractivity contribution in [2.45, 2.75) is 90.9 Å². The number of rotatable bonds is 4. The zero-order valence-electron chi connectivity index (χ0n) is 20.1. The maximum absolute atomic E-state index is 13.7. The molecule has 0 unspecified atom stereocenters. The van der Waals surface area contributed by atoms with Crippen molar-refractivity contribution in [3.8, 4) is 5.75 Å². The van der Waals surface area contributed by atoms with Crippen molar-refractivity contribution in [3.05, 3.63) is 64.7 Å². The second kappa shape index (κ2) is 8.11. The molecule has 2 nitrogen and oxygen atoms in total. The zero-order valence-corrected chi connectivity index (χ0v) is 20.1. The Balaban J connectivity index is 1.67. The lowest BCUT2D eigenvalue weighted by molar-refractivity contribution is -0.154. The van der Waals surface area contributed by atoms with E-state index in [4.69, 9.17) is 4.74 Å². The number of aryl methyl sites for hydroxylation is 1. The molecule has 0 heterocycles. The van der Waals surface area contributed by atoms with E-state index >= 15 is 0 Å².